The Bertz CT molecular complexity index is 231. The maximum Gasteiger partial charge on any atom is 0.229 e. The van der Waals surface area contributed by atoms with Crippen LogP contribution in [0.3, 0.4) is 0 Å². The largest absolute Gasteiger partial charge is 0.283 e. The van der Waals surface area contributed by atoms with E-state index in [-0.39, 0.29) is 17.2 Å². The molecule has 1 rings (SSSR count). The zero-order valence-electron chi connectivity index (χ0n) is 8.75. The van der Waals surface area contributed by atoms with Crippen molar-refractivity contribution < 1.29 is 9.59 Å². The summed E-state index contributed by atoms with van der Waals surface area (Å²) in [7, 11) is 0. The molecule has 3 nitrogen and oxygen atoms in total. The predicted molar refractivity (Wildman–Crippen MR) is 58.2 cm³/mol. The molecule has 0 aromatic heterocycles. The van der Waals surface area contributed by atoms with Crippen LogP contribution in [0.2, 0.25) is 0 Å². The molecule has 0 radical (unpaired) electrons. The summed E-state index contributed by atoms with van der Waals surface area (Å²) in [6.07, 6.45) is 1.73. The first-order valence-corrected chi connectivity index (χ1v) is 5.53. The van der Waals surface area contributed by atoms with Crippen molar-refractivity contribution in [3.63, 3.8) is 0 Å². The van der Waals surface area contributed by atoms with E-state index < -0.39 is 0 Å². The Morgan fingerprint density at radius 2 is 1.79 bits per heavy atom. The molecule has 1 heterocycles. The average Bonchev–Trinajstić information content (AvgIpc) is 2.00. The lowest BCUT2D eigenvalue weighted by Gasteiger charge is -2.34. The standard InChI is InChI=1S/C10H17NO2S/c1-10(2)6-8(12)11(4-3-5-14)9(13)7-10/h14H,3-7H2,1-2H3. The molecule has 0 bridgehead atoms. The molecule has 14 heavy (non-hydrogen) atoms. The van der Waals surface area contributed by atoms with Gasteiger partial charge in [-0.15, -0.1) is 0 Å². The number of imide groups is 1. The molecule has 0 saturated carbocycles. The first kappa shape index (κ1) is 11.6. The molecular formula is C10H17NO2S. The van der Waals surface area contributed by atoms with Gasteiger partial charge in [-0.25, -0.2) is 0 Å². The lowest BCUT2D eigenvalue weighted by atomic mass is 9.82. The van der Waals surface area contributed by atoms with Crippen LogP contribution in [0.1, 0.15) is 33.1 Å². The molecule has 2 amide bonds. The fourth-order valence-corrected chi connectivity index (χ4v) is 1.83. The minimum atomic E-state index is -0.161. The summed E-state index contributed by atoms with van der Waals surface area (Å²) in [6.45, 7) is 4.44. The smallest absolute Gasteiger partial charge is 0.229 e. The number of likely N-dealkylation sites (tertiary alicyclic amines) is 1. The van der Waals surface area contributed by atoms with Gasteiger partial charge in [-0.05, 0) is 17.6 Å². The Morgan fingerprint density at radius 3 is 2.21 bits per heavy atom. The minimum absolute atomic E-state index is 0.0342. The van der Waals surface area contributed by atoms with Gasteiger partial charge in [-0.2, -0.15) is 12.6 Å². The van der Waals surface area contributed by atoms with E-state index in [1.807, 2.05) is 13.8 Å². The molecule has 1 saturated heterocycles. The highest BCUT2D eigenvalue weighted by molar-refractivity contribution is 7.80. The Labute approximate surface area is 90.3 Å². The van der Waals surface area contributed by atoms with Gasteiger partial charge in [0, 0.05) is 19.4 Å². The summed E-state index contributed by atoms with van der Waals surface area (Å²) in [5.74, 6) is 0.640. The Morgan fingerprint density at radius 1 is 1.29 bits per heavy atom. The molecule has 0 aliphatic carbocycles. The molecule has 0 atom stereocenters. The van der Waals surface area contributed by atoms with E-state index in [0.717, 1.165) is 6.42 Å². The fourth-order valence-electron chi connectivity index (χ4n) is 1.69. The van der Waals surface area contributed by atoms with E-state index in [4.69, 9.17) is 0 Å². The molecule has 1 aliphatic rings. The molecule has 0 N–H and O–H groups in total. The maximum atomic E-state index is 11.6. The molecule has 0 aromatic rings. The number of hydrogen-bond donors (Lipinski definition) is 1. The van der Waals surface area contributed by atoms with E-state index in [9.17, 15) is 9.59 Å². The Kier molecular flexibility index (Phi) is 3.59. The van der Waals surface area contributed by atoms with Gasteiger partial charge in [0.25, 0.3) is 0 Å². The van der Waals surface area contributed by atoms with Crippen molar-refractivity contribution in [3.8, 4) is 0 Å². The summed E-state index contributed by atoms with van der Waals surface area (Å²) < 4.78 is 0. The van der Waals surface area contributed by atoms with Crippen molar-refractivity contribution >= 4 is 24.4 Å². The van der Waals surface area contributed by atoms with Gasteiger partial charge < -0.3 is 0 Å². The summed E-state index contributed by atoms with van der Waals surface area (Å²) in [5.41, 5.74) is -0.161. The third-order valence-corrected chi connectivity index (χ3v) is 2.72. The molecule has 1 fully saturated rings. The van der Waals surface area contributed by atoms with Gasteiger partial charge >= 0.3 is 0 Å². The third-order valence-electron chi connectivity index (χ3n) is 2.40. The van der Waals surface area contributed by atoms with Crippen molar-refractivity contribution in [3.05, 3.63) is 0 Å². The number of carbonyl (C=O) groups excluding carboxylic acids is 2. The van der Waals surface area contributed by atoms with Gasteiger partial charge in [0.15, 0.2) is 0 Å². The molecule has 1 aliphatic heterocycles. The number of carbonyl (C=O) groups is 2. The van der Waals surface area contributed by atoms with Gasteiger partial charge in [0.05, 0.1) is 0 Å². The van der Waals surface area contributed by atoms with Crippen LogP contribution in [0.5, 0.6) is 0 Å². The summed E-state index contributed by atoms with van der Waals surface area (Å²) in [4.78, 5) is 24.6. The number of amides is 2. The van der Waals surface area contributed by atoms with E-state index in [0.29, 0.717) is 25.1 Å². The van der Waals surface area contributed by atoms with E-state index in [1.165, 1.54) is 4.90 Å². The van der Waals surface area contributed by atoms with E-state index in [1.54, 1.807) is 0 Å². The second kappa shape index (κ2) is 4.34. The average molecular weight is 215 g/mol. The topological polar surface area (TPSA) is 37.4 Å². The van der Waals surface area contributed by atoms with Crippen molar-refractivity contribution in [2.24, 2.45) is 5.41 Å². The van der Waals surface area contributed by atoms with E-state index in [2.05, 4.69) is 12.6 Å². The molecule has 4 heteroatoms. The van der Waals surface area contributed by atoms with Gasteiger partial charge in [-0.3, -0.25) is 14.5 Å². The number of thiol groups is 1. The molecule has 0 spiro atoms. The maximum absolute atomic E-state index is 11.6. The van der Waals surface area contributed by atoms with Crippen LogP contribution in [-0.2, 0) is 9.59 Å². The quantitative estimate of drug-likeness (QED) is 0.572. The molecule has 80 valence electrons. The minimum Gasteiger partial charge on any atom is -0.283 e. The first-order valence-electron chi connectivity index (χ1n) is 4.90. The van der Waals surface area contributed by atoms with Crippen molar-refractivity contribution in [1.82, 2.24) is 4.90 Å². The van der Waals surface area contributed by atoms with Crippen molar-refractivity contribution in [2.75, 3.05) is 12.3 Å². The number of piperidine rings is 1. The second-order valence-electron chi connectivity index (χ2n) is 4.53. The highest BCUT2D eigenvalue weighted by Crippen LogP contribution is 2.31. The van der Waals surface area contributed by atoms with Gasteiger partial charge in [-0.1, -0.05) is 13.8 Å². The predicted octanol–water partition coefficient (Wildman–Crippen LogP) is 1.48. The summed E-state index contributed by atoms with van der Waals surface area (Å²) in [5, 5.41) is 0. The van der Waals surface area contributed by atoms with Gasteiger partial charge in [0.1, 0.15) is 0 Å². The SMILES string of the molecule is CC1(C)CC(=O)N(CCCS)C(=O)C1. The lowest BCUT2D eigenvalue weighted by Crippen LogP contribution is -2.46. The van der Waals surface area contributed by atoms with Crippen LogP contribution in [0.25, 0.3) is 0 Å². The Balaban J connectivity index is 2.62. The monoisotopic (exact) mass is 215 g/mol. The normalized spacial score (nSPS) is 21.5. The third kappa shape index (κ3) is 2.74. The fraction of sp³-hybridized carbons (Fsp3) is 0.800. The second-order valence-corrected chi connectivity index (χ2v) is 4.98. The molecular weight excluding hydrogens is 198 g/mol. The number of hydrogen-bond acceptors (Lipinski definition) is 3. The number of rotatable bonds is 3. The van der Waals surface area contributed by atoms with Crippen molar-refractivity contribution in [1.29, 1.82) is 0 Å². The van der Waals surface area contributed by atoms with Crippen LogP contribution in [-0.4, -0.2) is 29.0 Å². The zero-order valence-corrected chi connectivity index (χ0v) is 9.64. The first-order chi connectivity index (χ1) is 6.46. The zero-order chi connectivity index (χ0) is 10.8. The Hall–Kier alpha value is -0.510. The van der Waals surface area contributed by atoms with Gasteiger partial charge in [0.2, 0.25) is 11.8 Å². The van der Waals surface area contributed by atoms with Crippen LogP contribution in [0.4, 0.5) is 0 Å². The molecule has 0 aromatic carbocycles. The highest BCUT2D eigenvalue weighted by Gasteiger charge is 2.36. The highest BCUT2D eigenvalue weighted by atomic mass is 32.1. The summed E-state index contributed by atoms with van der Waals surface area (Å²) in [6, 6.07) is 0. The molecule has 0 unspecified atom stereocenters. The van der Waals surface area contributed by atoms with E-state index >= 15 is 0 Å². The summed E-state index contributed by atoms with van der Waals surface area (Å²) >= 11 is 4.06. The van der Waals surface area contributed by atoms with Crippen LogP contribution in [0.15, 0.2) is 0 Å². The van der Waals surface area contributed by atoms with Crippen LogP contribution < -0.4 is 0 Å². The van der Waals surface area contributed by atoms with Crippen LogP contribution in [0, 0.1) is 5.41 Å². The number of nitrogens with zero attached hydrogens (tertiary/aromatic N) is 1. The van der Waals surface area contributed by atoms with Crippen molar-refractivity contribution in [2.45, 2.75) is 33.1 Å². The van der Waals surface area contributed by atoms with Crippen LogP contribution >= 0.6 is 12.6 Å². The lowest BCUT2D eigenvalue weighted by molar-refractivity contribution is -0.152.